The molecule has 0 saturated carbocycles. The van der Waals surface area contributed by atoms with Crippen molar-refractivity contribution in [2.24, 2.45) is 0 Å². The molecule has 1 aliphatic rings. The van der Waals surface area contributed by atoms with Gasteiger partial charge in [0.05, 0.1) is 0 Å². The van der Waals surface area contributed by atoms with E-state index in [-0.39, 0.29) is 12.8 Å². The zero-order valence-corrected chi connectivity index (χ0v) is 16.1. The molecule has 0 radical (unpaired) electrons. The van der Waals surface area contributed by atoms with Gasteiger partial charge >= 0.3 is 11.9 Å². The minimum absolute atomic E-state index is 0.285. The molecule has 0 aromatic heterocycles. The molecule has 2 unspecified atom stereocenters. The summed E-state index contributed by atoms with van der Waals surface area (Å²) in [6.45, 7) is 0. The SMILES string of the molecule is O=C(OC1C=CC(OC(=O)c2c(F)c(F)c(F)c(F)c2F)CC1)c1c(F)c(F)c(F)c(F)c1F. The molecule has 3 rings (SSSR count). The predicted molar refractivity (Wildman–Crippen MR) is 89.2 cm³/mol. The minimum atomic E-state index is -2.48. The molecule has 0 N–H and O–H groups in total. The molecule has 0 spiro atoms. The van der Waals surface area contributed by atoms with Crippen LogP contribution in [-0.2, 0) is 9.47 Å². The van der Waals surface area contributed by atoms with Gasteiger partial charge in [0.15, 0.2) is 46.5 Å². The molecular formula is C20H8F10O4. The molecule has 0 aliphatic heterocycles. The summed E-state index contributed by atoms with van der Waals surface area (Å²) in [6.07, 6.45) is -1.30. The maximum absolute atomic E-state index is 13.7. The lowest BCUT2D eigenvalue weighted by atomic mass is 10.0. The zero-order valence-electron chi connectivity index (χ0n) is 16.1. The molecule has 14 heteroatoms. The van der Waals surface area contributed by atoms with Crippen LogP contribution in [0.3, 0.4) is 0 Å². The first-order valence-corrected chi connectivity index (χ1v) is 8.99. The number of ether oxygens (including phenoxy) is 2. The standard InChI is InChI=1S/C20H8F10O4/c21-9-7(10(22)14(26)17(29)13(9)25)19(31)33-5-1-2-6(4-3-5)34-20(32)8-11(23)15(27)18(30)16(28)12(8)24/h1-2,5-6H,3-4H2. The molecule has 4 nitrogen and oxygen atoms in total. The van der Waals surface area contributed by atoms with Crippen molar-refractivity contribution < 1.29 is 63.0 Å². The zero-order chi connectivity index (χ0) is 25.5. The van der Waals surface area contributed by atoms with Gasteiger partial charge in [-0.25, -0.2) is 53.5 Å². The van der Waals surface area contributed by atoms with Crippen molar-refractivity contribution >= 4 is 11.9 Å². The second-order valence-corrected chi connectivity index (χ2v) is 6.74. The molecule has 1 aliphatic carbocycles. The van der Waals surface area contributed by atoms with Gasteiger partial charge in [-0.05, 0) is 25.0 Å². The fourth-order valence-electron chi connectivity index (χ4n) is 2.93. The van der Waals surface area contributed by atoms with Crippen LogP contribution in [0.1, 0.15) is 33.6 Å². The highest BCUT2D eigenvalue weighted by Crippen LogP contribution is 2.27. The third kappa shape index (κ3) is 4.31. The molecule has 2 aromatic carbocycles. The molecule has 0 bridgehead atoms. The Labute approximate surface area is 182 Å². The number of rotatable bonds is 4. The maximum Gasteiger partial charge on any atom is 0.344 e. The molecule has 2 aromatic rings. The van der Waals surface area contributed by atoms with Crippen molar-refractivity contribution in [2.75, 3.05) is 0 Å². The van der Waals surface area contributed by atoms with Crippen LogP contribution < -0.4 is 0 Å². The number of esters is 2. The van der Waals surface area contributed by atoms with Crippen molar-refractivity contribution in [1.29, 1.82) is 0 Å². The summed E-state index contributed by atoms with van der Waals surface area (Å²) in [7, 11) is 0. The predicted octanol–water partition coefficient (Wildman–Crippen LogP) is 5.18. The lowest BCUT2D eigenvalue weighted by Gasteiger charge is -2.23. The number of hydrogen-bond donors (Lipinski definition) is 0. The van der Waals surface area contributed by atoms with E-state index in [0.29, 0.717) is 0 Å². The van der Waals surface area contributed by atoms with Gasteiger partial charge in [-0.15, -0.1) is 0 Å². The van der Waals surface area contributed by atoms with E-state index in [0.717, 1.165) is 12.2 Å². The second-order valence-electron chi connectivity index (χ2n) is 6.74. The van der Waals surface area contributed by atoms with Gasteiger partial charge in [0.1, 0.15) is 23.3 Å². The summed E-state index contributed by atoms with van der Waals surface area (Å²) in [5.74, 6) is -27.9. The fraction of sp³-hybridized carbons (Fsp3) is 0.200. The van der Waals surface area contributed by atoms with Crippen LogP contribution >= 0.6 is 0 Å². The summed E-state index contributed by atoms with van der Waals surface area (Å²) in [5, 5.41) is 0. The number of benzene rings is 2. The van der Waals surface area contributed by atoms with Gasteiger partial charge < -0.3 is 9.47 Å². The van der Waals surface area contributed by atoms with Gasteiger partial charge in [0.2, 0.25) is 11.6 Å². The van der Waals surface area contributed by atoms with Crippen LogP contribution in [0.25, 0.3) is 0 Å². The van der Waals surface area contributed by atoms with E-state index < -0.39 is 93.4 Å². The largest absolute Gasteiger partial charge is 0.454 e. The van der Waals surface area contributed by atoms with Crippen molar-refractivity contribution in [2.45, 2.75) is 25.0 Å². The Morgan fingerprint density at radius 2 is 0.735 bits per heavy atom. The first kappa shape index (κ1) is 25.1. The van der Waals surface area contributed by atoms with Crippen LogP contribution in [0.5, 0.6) is 0 Å². The Bertz CT molecular complexity index is 1080. The number of carbonyl (C=O) groups excluding carboxylic acids is 2. The lowest BCUT2D eigenvalue weighted by Crippen LogP contribution is -2.27. The Morgan fingerprint density at radius 3 is 0.971 bits per heavy atom. The smallest absolute Gasteiger partial charge is 0.344 e. The Morgan fingerprint density at radius 1 is 0.500 bits per heavy atom. The maximum atomic E-state index is 13.7. The second kappa shape index (κ2) is 9.35. The molecule has 0 fully saturated rings. The average molecular weight is 502 g/mol. The van der Waals surface area contributed by atoms with Crippen LogP contribution in [0, 0.1) is 58.2 Å². The normalized spacial score (nSPS) is 17.6. The van der Waals surface area contributed by atoms with Gasteiger partial charge in [0.25, 0.3) is 0 Å². The van der Waals surface area contributed by atoms with Crippen molar-refractivity contribution in [3.63, 3.8) is 0 Å². The summed E-state index contributed by atoms with van der Waals surface area (Å²) >= 11 is 0. The molecule has 182 valence electrons. The minimum Gasteiger partial charge on any atom is -0.454 e. The first-order chi connectivity index (χ1) is 15.9. The Kier molecular flexibility index (Phi) is 6.89. The summed E-state index contributed by atoms with van der Waals surface area (Å²) < 4.78 is 143. The molecule has 0 saturated heterocycles. The molecule has 2 atom stereocenters. The fourth-order valence-corrected chi connectivity index (χ4v) is 2.93. The molecule has 34 heavy (non-hydrogen) atoms. The van der Waals surface area contributed by atoms with E-state index in [1.807, 2.05) is 0 Å². The quantitative estimate of drug-likeness (QED) is 0.190. The number of halogens is 10. The van der Waals surface area contributed by atoms with Crippen LogP contribution in [-0.4, -0.2) is 24.1 Å². The topological polar surface area (TPSA) is 52.6 Å². The third-order valence-electron chi connectivity index (χ3n) is 4.62. The lowest BCUT2D eigenvalue weighted by molar-refractivity contribution is 0.0208. The highest BCUT2D eigenvalue weighted by atomic mass is 19.2. The van der Waals surface area contributed by atoms with Gasteiger partial charge in [-0.3, -0.25) is 0 Å². The third-order valence-corrected chi connectivity index (χ3v) is 4.62. The van der Waals surface area contributed by atoms with Crippen molar-refractivity contribution in [3.8, 4) is 0 Å². The highest BCUT2D eigenvalue weighted by molar-refractivity contribution is 5.91. The highest BCUT2D eigenvalue weighted by Gasteiger charge is 2.34. The Hall–Kier alpha value is -3.58. The molecule has 0 amide bonds. The monoisotopic (exact) mass is 502 g/mol. The Balaban J connectivity index is 1.72. The van der Waals surface area contributed by atoms with Gasteiger partial charge in [-0.2, -0.15) is 0 Å². The average Bonchev–Trinajstić information content (AvgIpc) is 2.80. The van der Waals surface area contributed by atoms with Gasteiger partial charge in [0, 0.05) is 0 Å². The van der Waals surface area contributed by atoms with Crippen LogP contribution in [0.2, 0.25) is 0 Å². The first-order valence-electron chi connectivity index (χ1n) is 8.99. The summed E-state index contributed by atoms with van der Waals surface area (Å²) in [4.78, 5) is 23.8. The van der Waals surface area contributed by atoms with E-state index in [9.17, 15) is 53.5 Å². The van der Waals surface area contributed by atoms with Crippen LogP contribution in [0.4, 0.5) is 43.9 Å². The van der Waals surface area contributed by atoms with Crippen molar-refractivity contribution in [1.82, 2.24) is 0 Å². The van der Waals surface area contributed by atoms with E-state index in [1.54, 1.807) is 0 Å². The van der Waals surface area contributed by atoms with Crippen LogP contribution in [0.15, 0.2) is 12.2 Å². The number of hydrogen-bond acceptors (Lipinski definition) is 4. The van der Waals surface area contributed by atoms with E-state index in [1.165, 1.54) is 0 Å². The van der Waals surface area contributed by atoms with Gasteiger partial charge in [-0.1, -0.05) is 0 Å². The summed E-state index contributed by atoms with van der Waals surface area (Å²) in [5.41, 5.74) is -3.69. The van der Waals surface area contributed by atoms with E-state index in [2.05, 4.69) is 9.47 Å². The van der Waals surface area contributed by atoms with E-state index >= 15 is 0 Å². The summed E-state index contributed by atoms with van der Waals surface area (Å²) in [6, 6.07) is 0. The molecular weight excluding hydrogens is 494 g/mol. The van der Waals surface area contributed by atoms with E-state index in [4.69, 9.17) is 0 Å². The van der Waals surface area contributed by atoms with Crippen molar-refractivity contribution in [3.05, 3.63) is 81.5 Å². The molecule has 0 heterocycles. The number of carbonyl (C=O) groups is 2.